The number of nitrogens with zero attached hydrogens (tertiary/aromatic N) is 4. The van der Waals surface area contributed by atoms with E-state index < -0.39 is 0 Å². The molecule has 0 radical (unpaired) electrons. The molecule has 1 N–H and O–H groups in total. The first-order chi connectivity index (χ1) is 15.3. The van der Waals surface area contributed by atoms with Crippen LogP contribution in [0.4, 0.5) is 5.13 Å². The second-order valence-electron chi connectivity index (χ2n) is 6.91. The number of anilines is 1. The summed E-state index contributed by atoms with van der Waals surface area (Å²) in [5, 5.41) is 13.4. The molecule has 7 heteroatoms. The summed E-state index contributed by atoms with van der Waals surface area (Å²) in [4.78, 5) is 5.99. The van der Waals surface area contributed by atoms with Gasteiger partial charge < -0.3 is 5.32 Å². The molecule has 152 valence electrons. The van der Waals surface area contributed by atoms with Crippen LogP contribution in [0, 0.1) is 0 Å². The van der Waals surface area contributed by atoms with E-state index in [4.69, 9.17) is 16.6 Å². The predicted octanol–water partition coefficient (Wildman–Crippen LogP) is 6.32. The highest BCUT2D eigenvalue weighted by Gasteiger charge is 2.15. The number of para-hydroxylation sites is 1. The fraction of sp³-hybridized carbons (Fsp3) is 0.0417. The summed E-state index contributed by atoms with van der Waals surface area (Å²) in [6, 6.07) is 28.0. The van der Waals surface area contributed by atoms with Gasteiger partial charge in [0.1, 0.15) is 5.69 Å². The quantitative estimate of drug-likeness (QED) is 0.333. The van der Waals surface area contributed by atoms with Crippen molar-refractivity contribution in [2.75, 3.05) is 5.32 Å². The van der Waals surface area contributed by atoms with Crippen molar-refractivity contribution in [2.24, 2.45) is 0 Å². The number of nitrogens with one attached hydrogen (secondary N) is 1. The normalized spacial score (nSPS) is 10.9. The molecule has 0 aliphatic rings. The van der Waals surface area contributed by atoms with Gasteiger partial charge in [0, 0.05) is 10.6 Å². The van der Waals surface area contributed by atoms with Crippen molar-refractivity contribution in [3.05, 3.63) is 102 Å². The van der Waals surface area contributed by atoms with Crippen LogP contribution in [0.5, 0.6) is 0 Å². The Hall–Kier alpha value is -3.48. The van der Waals surface area contributed by atoms with Gasteiger partial charge in [-0.3, -0.25) is 0 Å². The molecule has 2 aromatic heterocycles. The first kappa shape index (κ1) is 19.5. The second-order valence-corrected chi connectivity index (χ2v) is 8.35. The molecule has 0 aliphatic heterocycles. The van der Waals surface area contributed by atoms with Gasteiger partial charge in [-0.15, -0.1) is 5.10 Å². The molecule has 0 fully saturated rings. The monoisotopic (exact) mass is 443 g/mol. The Morgan fingerprint density at radius 3 is 2.29 bits per heavy atom. The summed E-state index contributed by atoms with van der Waals surface area (Å²) in [7, 11) is 0. The Bertz CT molecular complexity index is 1280. The van der Waals surface area contributed by atoms with Gasteiger partial charge in [0.25, 0.3) is 0 Å². The minimum absolute atomic E-state index is 0.536. The fourth-order valence-electron chi connectivity index (χ4n) is 3.24. The Kier molecular flexibility index (Phi) is 5.48. The maximum absolute atomic E-state index is 6.08. The molecule has 5 rings (SSSR count). The largest absolute Gasteiger partial charge is 0.356 e. The van der Waals surface area contributed by atoms with Gasteiger partial charge in [0.05, 0.1) is 29.0 Å². The van der Waals surface area contributed by atoms with Crippen LogP contribution in [0.25, 0.3) is 27.4 Å². The summed E-state index contributed by atoms with van der Waals surface area (Å²) < 4.78 is 1.77. The average molecular weight is 444 g/mol. The van der Waals surface area contributed by atoms with Gasteiger partial charge >= 0.3 is 0 Å². The molecule has 0 bridgehead atoms. The zero-order chi connectivity index (χ0) is 21.0. The van der Waals surface area contributed by atoms with Gasteiger partial charge in [-0.25, -0.2) is 9.67 Å². The Morgan fingerprint density at radius 2 is 1.55 bits per heavy atom. The molecule has 0 spiro atoms. The van der Waals surface area contributed by atoms with E-state index in [-0.39, 0.29) is 0 Å². The van der Waals surface area contributed by atoms with E-state index in [1.807, 2.05) is 79.0 Å². The third-order valence-corrected chi connectivity index (χ3v) is 6.08. The molecule has 0 aliphatic carbocycles. The van der Waals surface area contributed by atoms with Crippen LogP contribution in [0.15, 0.2) is 91.1 Å². The fourth-order valence-corrected chi connectivity index (χ4v) is 4.35. The molecule has 0 saturated heterocycles. The number of aromatic nitrogens is 4. The highest BCUT2D eigenvalue weighted by molar-refractivity contribution is 7.19. The van der Waals surface area contributed by atoms with Crippen LogP contribution in [-0.4, -0.2) is 20.0 Å². The SMILES string of the molecule is Clc1ccc(-c2nc(NCc3cn(-c4ccccc4)nn3)sc2-c2ccccc2)cc1. The Balaban J connectivity index is 1.41. The van der Waals surface area contributed by atoms with E-state index in [1.165, 1.54) is 0 Å². The van der Waals surface area contributed by atoms with Crippen molar-refractivity contribution in [3.63, 3.8) is 0 Å². The molecular weight excluding hydrogens is 426 g/mol. The second kappa shape index (κ2) is 8.71. The van der Waals surface area contributed by atoms with Crippen LogP contribution < -0.4 is 5.32 Å². The predicted molar refractivity (Wildman–Crippen MR) is 127 cm³/mol. The third-order valence-electron chi connectivity index (χ3n) is 4.76. The number of halogens is 1. The highest BCUT2D eigenvalue weighted by Crippen LogP contribution is 2.39. The number of benzene rings is 3. The van der Waals surface area contributed by atoms with Crippen LogP contribution >= 0.6 is 22.9 Å². The van der Waals surface area contributed by atoms with Gasteiger partial charge in [-0.2, -0.15) is 0 Å². The molecule has 0 saturated carbocycles. The lowest BCUT2D eigenvalue weighted by Crippen LogP contribution is -1.99. The number of hydrogen-bond acceptors (Lipinski definition) is 5. The van der Waals surface area contributed by atoms with E-state index >= 15 is 0 Å². The highest BCUT2D eigenvalue weighted by atomic mass is 35.5. The first-order valence-electron chi connectivity index (χ1n) is 9.79. The van der Waals surface area contributed by atoms with E-state index in [0.717, 1.165) is 38.2 Å². The summed E-state index contributed by atoms with van der Waals surface area (Å²) in [6.07, 6.45) is 1.92. The molecule has 3 aromatic carbocycles. The zero-order valence-electron chi connectivity index (χ0n) is 16.4. The Labute approximate surface area is 189 Å². The smallest absolute Gasteiger partial charge is 0.184 e. The molecule has 2 heterocycles. The molecule has 0 atom stereocenters. The van der Waals surface area contributed by atoms with Crippen LogP contribution in [0.2, 0.25) is 5.02 Å². The van der Waals surface area contributed by atoms with Crippen molar-refractivity contribution in [1.29, 1.82) is 0 Å². The number of thiazole rings is 1. The standard InChI is InChI=1S/C24H18ClN5S/c25-19-13-11-17(12-14-19)22-23(18-7-3-1-4-8-18)31-24(27-22)26-15-20-16-30(29-28-20)21-9-5-2-6-10-21/h1-14,16H,15H2,(H,26,27). The van der Waals surface area contributed by atoms with Crippen molar-refractivity contribution in [1.82, 2.24) is 20.0 Å². The Morgan fingerprint density at radius 1 is 0.839 bits per heavy atom. The molecule has 0 amide bonds. The maximum atomic E-state index is 6.08. The lowest BCUT2D eigenvalue weighted by molar-refractivity contribution is 0.798. The van der Waals surface area contributed by atoms with Gasteiger partial charge in [0.15, 0.2) is 5.13 Å². The van der Waals surface area contributed by atoms with E-state index in [1.54, 1.807) is 16.0 Å². The average Bonchev–Trinajstić information content (AvgIpc) is 3.47. The van der Waals surface area contributed by atoms with E-state index in [0.29, 0.717) is 11.6 Å². The van der Waals surface area contributed by atoms with E-state index in [9.17, 15) is 0 Å². The van der Waals surface area contributed by atoms with Gasteiger partial charge in [0.2, 0.25) is 0 Å². The summed E-state index contributed by atoms with van der Waals surface area (Å²) in [5.74, 6) is 0. The lowest BCUT2D eigenvalue weighted by Gasteiger charge is -2.02. The molecule has 5 aromatic rings. The van der Waals surface area contributed by atoms with Crippen LogP contribution in [-0.2, 0) is 6.54 Å². The first-order valence-corrected chi connectivity index (χ1v) is 11.0. The summed E-state index contributed by atoms with van der Waals surface area (Å²) >= 11 is 7.70. The topological polar surface area (TPSA) is 55.6 Å². The summed E-state index contributed by atoms with van der Waals surface area (Å²) in [5.41, 5.74) is 4.92. The van der Waals surface area contributed by atoms with Gasteiger partial charge in [-0.1, -0.05) is 88.8 Å². The summed E-state index contributed by atoms with van der Waals surface area (Å²) in [6.45, 7) is 0.536. The molecule has 31 heavy (non-hydrogen) atoms. The zero-order valence-corrected chi connectivity index (χ0v) is 18.0. The maximum Gasteiger partial charge on any atom is 0.184 e. The minimum atomic E-state index is 0.536. The van der Waals surface area contributed by atoms with Gasteiger partial charge in [-0.05, 0) is 29.8 Å². The van der Waals surface area contributed by atoms with Crippen LogP contribution in [0.1, 0.15) is 5.69 Å². The number of rotatable bonds is 6. The third kappa shape index (κ3) is 4.35. The van der Waals surface area contributed by atoms with Crippen LogP contribution in [0.3, 0.4) is 0 Å². The minimum Gasteiger partial charge on any atom is -0.356 e. The molecule has 0 unspecified atom stereocenters. The molecule has 5 nitrogen and oxygen atoms in total. The van der Waals surface area contributed by atoms with Crippen molar-refractivity contribution in [2.45, 2.75) is 6.54 Å². The van der Waals surface area contributed by atoms with E-state index in [2.05, 4.69) is 27.8 Å². The van der Waals surface area contributed by atoms with Crippen molar-refractivity contribution < 1.29 is 0 Å². The lowest BCUT2D eigenvalue weighted by atomic mass is 10.1. The van der Waals surface area contributed by atoms with Crippen molar-refractivity contribution in [3.8, 4) is 27.4 Å². The number of hydrogen-bond donors (Lipinski definition) is 1. The molecular formula is C24H18ClN5S. The van der Waals surface area contributed by atoms with Crippen molar-refractivity contribution >= 4 is 28.1 Å².